The number of likely N-dealkylation sites (tertiary alicyclic amines) is 1. The normalized spacial score (nSPS) is 21.8. The summed E-state index contributed by atoms with van der Waals surface area (Å²) in [4.78, 5) is 15.1. The van der Waals surface area contributed by atoms with Crippen molar-refractivity contribution in [2.75, 3.05) is 27.2 Å². The van der Waals surface area contributed by atoms with Crippen LogP contribution in [0.3, 0.4) is 0 Å². The molecule has 25 heavy (non-hydrogen) atoms. The van der Waals surface area contributed by atoms with E-state index in [0.717, 1.165) is 11.2 Å². The Kier molecular flexibility index (Phi) is 4.49. The van der Waals surface area contributed by atoms with Gasteiger partial charge in [-0.25, -0.2) is 4.79 Å². The van der Waals surface area contributed by atoms with Gasteiger partial charge in [0.2, 0.25) is 0 Å². The summed E-state index contributed by atoms with van der Waals surface area (Å²) < 4.78 is 18.0. The lowest BCUT2D eigenvalue weighted by atomic mass is 9.79. The molecule has 7 heteroatoms. The van der Waals surface area contributed by atoms with Crippen molar-refractivity contribution < 1.29 is 18.8 Å². The number of nitrogens with zero attached hydrogens (tertiary/aromatic N) is 2. The van der Waals surface area contributed by atoms with E-state index in [1.165, 1.54) is 0 Å². The van der Waals surface area contributed by atoms with Crippen LogP contribution in [0, 0.1) is 0 Å². The van der Waals surface area contributed by atoms with Crippen molar-refractivity contribution in [2.24, 2.45) is 0 Å². The first kappa shape index (κ1) is 18.1. The second kappa shape index (κ2) is 6.22. The number of ether oxygens (including phenoxy) is 1. The topological polar surface area (TPSA) is 51.2 Å². The predicted molar refractivity (Wildman–Crippen MR) is 97.2 cm³/mol. The molecule has 0 saturated carbocycles. The van der Waals surface area contributed by atoms with Crippen LogP contribution >= 0.6 is 0 Å². The molecule has 136 valence electrons. The third-order valence-corrected chi connectivity index (χ3v) is 5.21. The number of hydrogen-bond acceptors (Lipinski definition) is 4. The minimum atomic E-state index is -0.365. The van der Waals surface area contributed by atoms with Gasteiger partial charge in [-0.1, -0.05) is 12.1 Å². The SMILES string of the molecule is CN(C)C(=O)N1CC(Oc2ccc(B3OC(C)(C)C(C)(C)O3)cc2)C1. The summed E-state index contributed by atoms with van der Waals surface area (Å²) >= 11 is 0. The van der Waals surface area contributed by atoms with Crippen LogP contribution in [0.2, 0.25) is 0 Å². The highest BCUT2D eigenvalue weighted by Crippen LogP contribution is 2.36. The molecule has 1 aromatic rings. The third-order valence-electron chi connectivity index (χ3n) is 5.21. The van der Waals surface area contributed by atoms with Crippen LogP contribution in [0.4, 0.5) is 4.79 Å². The van der Waals surface area contributed by atoms with Crippen LogP contribution in [-0.4, -0.2) is 67.4 Å². The molecule has 0 bridgehead atoms. The average Bonchev–Trinajstić information content (AvgIpc) is 2.70. The summed E-state index contributed by atoms with van der Waals surface area (Å²) in [5, 5.41) is 0. The first-order chi connectivity index (χ1) is 11.6. The lowest BCUT2D eigenvalue weighted by Gasteiger charge is -2.40. The zero-order chi connectivity index (χ0) is 18.4. The molecule has 2 saturated heterocycles. The molecule has 1 aromatic carbocycles. The molecule has 0 N–H and O–H groups in total. The molecular weight excluding hydrogens is 319 g/mol. The van der Waals surface area contributed by atoms with Crippen molar-refractivity contribution in [1.29, 1.82) is 0 Å². The van der Waals surface area contributed by atoms with Gasteiger partial charge in [-0.05, 0) is 45.3 Å². The van der Waals surface area contributed by atoms with Gasteiger partial charge in [0.25, 0.3) is 0 Å². The number of urea groups is 1. The van der Waals surface area contributed by atoms with E-state index in [2.05, 4.69) is 0 Å². The summed E-state index contributed by atoms with van der Waals surface area (Å²) in [7, 11) is 3.15. The molecular formula is C18H27BN2O4. The second-order valence-corrected chi connectivity index (χ2v) is 7.98. The van der Waals surface area contributed by atoms with Crippen molar-refractivity contribution in [1.82, 2.24) is 9.80 Å². The fourth-order valence-electron chi connectivity index (χ4n) is 2.83. The molecule has 0 aliphatic carbocycles. The Balaban J connectivity index is 1.55. The third kappa shape index (κ3) is 3.48. The van der Waals surface area contributed by atoms with Crippen LogP contribution in [0.5, 0.6) is 5.75 Å². The number of hydrogen-bond donors (Lipinski definition) is 0. The zero-order valence-corrected chi connectivity index (χ0v) is 15.9. The maximum atomic E-state index is 11.8. The van der Waals surface area contributed by atoms with Gasteiger partial charge in [0, 0.05) is 14.1 Å². The van der Waals surface area contributed by atoms with Crippen molar-refractivity contribution >= 4 is 18.6 Å². The van der Waals surface area contributed by atoms with Gasteiger partial charge in [0.1, 0.15) is 11.9 Å². The fourth-order valence-corrected chi connectivity index (χ4v) is 2.83. The molecule has 2 fully saturated rings. The summed E-state index contributed by atoms with van der Waals surface area (Å²) in [6.45, 7) is 9.42. The number of carbonyl (C=O) groups excluding carboxylic acids is 1. The van der Waals surface area contributed by atoms with E-state index in [0.29, 0.717) is 13.1 Å². The molecule has 2 aliphatic heterocycles. The number of benzene rings is 1. The van der Waals surface area contributed by atoms with E-state index in [1.54, 1.807) is 23.9 Å². The van der Waals surface area contributed by atoms with E-state index < -0.39 is 0 Å². The van der Waals surface area contributed by atoms with Crippen LogP contribution in [0.1, 0.15) is 27.7 Å². The van der Waals surface area contributed by atoms with Gasteiger partial charge < -0.3 is 23.8 Å². The minimum absolute atomic E-state index is 0.0240. The smallest absolute Gasteiger partial charge is 0.487 e. The molecule has 2 aliphatic rings. The molecule has 0 spiro atoms. The lowest BCUT2D eigenvalue weighted by molar-refractivity contribution is 0.00578. The largest absolute Gasteiger partial charge is 0.494 e. The van der Waals surface area contributed by atoms with Gasteiger partial charge >= 0.3 is 13.1 Å². The van der Waals surface area contributed by atoms with E-state index in [1.807, 2.05) is 52.0 Å². The molecule has 2 amide bonds. The predicted octanol–water partition coefficient (Wildman–Crippen LogP) is 1.73. The standard InChI is InChI=1S/C18H27BN2O4/c1-17(2)18(3,4)25-19(24-17)13-7-9-14(10-8-13)23-15-11-21(12-15)16(22)20(5)6/h7-10,15H,11-12H2,1-6H3. The second-order valence-electron chi connectivity index (χ2n) is 7.98. The summed E-state index contributed by atoms with van der Waals surface area (Å²) in [5.74, 6) is 0.794. The molecule has 0 atom stereocenters. The Morgan fingerprint density at radius 3 is 2.12 bits per heavy atom. The van der Waals surface area contributed by atoms with Gasteiger partial charge in [-0.15, -0.1) is 0 Å². The number of amides is 2. The van der Waals surface area contributed by atoms with Crippen molar-refractivity contribution in [3.63, 3.8) is 0 Å². The van der Waals surface area contributed by atoms with E-state index >= 15 is 0 Å². The molecule has 0 radical (unpaired) electrons. The molecule has 0 unspecified atom stereocenters. The van der Waals surface area contributed by atoms with E-state index in [4.69, 9.17) is 14.0 Å². The summed E-state index contributed by atoms with van der Waals surface area (Å²) in [5.41, 5.74) is 0.284. The number of carbonyl (C=O) groups is 1. The molecule has 3 rings (SSSR count). The Morgan fingerprint density at radius 2 is 1.64 bits per heavy atom. The highest BCUT2D eigenvalue weighted by molar-refractivity contribution is 6.62. The molecule has 0 aromatic heterocycles. The monoisotopic (exact) mass is 346 g/mol. The highest BCUT2D eigenvalue weighted by Gasteiger charge is 2.51. The van der Waals surface area contributed by atoms with E-state index in [-0.39, 0.29) is 30.5 Å². The van der Waals surface area contributed by atoms with Gasteiger partial charge in [0.05, 0.1) is 24.3 Å². The lowest BCUT2D eigenvalue weighted by Crippen LogP contribution is -2.58. The Morgan fingerprint density at radius 1 is 1.12 bits per heavy atom. The highest BCUT2D eigenvalue weighted by atomic mass is 16.7. The van der Waals surface area contributed by atoms with Crippen LogP contribution in [0.15, 0.2) is 24.3 Å². The maximum absolute atomic E-state index is 11.8. The van der Waals surface area contributed by atoms with Gasteiger partial charge in [-0.3, -0.25) is 0 Å². The van der Waals surface area contributed by atoms with Gasteiger partial charge in [0.15, 0.2) is 0 Å². The average molecular weight is 346 g/mol. The van der Waals surface area contributed by atoms with Crippen molar-refractivity contribution in [3.8, 4) is 5.75 Å². The Bertz CT molecular complexity index is 623. The first-order valence-electron chi connectivity index (χ1n) is 8.67. The van der Waals surface area contributed by atoms with Crippen LogP contribution in [-0.2, 0) is 9.31 Å². The summed E-state index contributed by atoms with van der Waals surface area (Å²) in [6.07, 6.45) is 0.0478. The Hall–Kier alpha value is -1.73. The quantitative estimate of drug-likeness (QED) is 0.783. The molecule has 6 nitrogen and oxygen atoms in total. The zero-order valence-electron chi connectivity index (χ0n) is 15.9. The maximum Gasteiger partial charge on any atom is 0.494 e. The summed E-state index contributed by atoms with van der Waals surface area (Å²) in [6, 6.07) is 7.82. The van der Waals surface area contributed by atoms with E-state index in [9.17, 15) is 4.79 Å². The Labute approximate surface area is 150 Å². The van der Waals surface area contributed by atoms with Gasteiger partial charge in [-0.2, -0.15) is 0 Å². The fraction of sp³-hybridized carbons (Fsp3) is 0.611. The van der Waals surface area contributed by atoms with Crippen molar-refractivity contribution in [3.05, 3.63) is 24.3 Å². The van der Waals surface area contributed by atoms with Crippen molar-refractivity contribution in [2.45, 2.75) is 45.0 Å². The molecule has 2 heterocycles. The minimum Gasteiger partial charge on any atom is -0.487 e. The number of rotatable bonds is 3. The van der Waals surface area contributed by atoms with Crippen LogP contribution in [0.25, 0.3) is 0 Å². The van der Waals surface area contributed by atoms with Crippen LogP contribution < -0.4 is 10.2 Å². The first-order valence-corrected chi connectivity index (χ1v) is 8.67.